The molecule has 0 aliphatic rings. The molecular weight excluding hydrogens is 635 g/mol. The Labute approximate surface area is 272 Å². The summed E-state index contributed by atoms with van der Waals surface area (Å²) in [4.78, 5) is 49.6. The number of rotatable bonds is 11. The number of halogens is 2. The number of tetrazole rings is 1. The molecule has 3 amide bonds. The van der Waals surface area contributed by atoms with E-state index in [1.54, 1.807) is 66.9 Å². The van der Waals surface area contributed by atoms with Gasteiger partial charge in [0.2, 0.25) is 11.8 Å². The number of hydrogen-bond donors (Lipinski definition) is 4. The number of H-pyrrole nitrogens is 1. The molecule has 46 heavy (non-hydrogen) atoms. The third kappa shape index (κ3) is 8.31. The normalized spacial score (nSPS) is 11.6. The van der Waals surface area contributed by atoms with Crippen molar-refractivity contribution in [2.24, 2.45) is 0 Å². The smallest absolute Gasteiger partial charge is 0.411 e. The van der Waals surface area contributed by atoms with Crippen molar-refractivity contribution in [3.63, 3.8) is 0 Å². The number of benzene rings is 2. The van der Waals surface area contributed by atoms with E-state index in [1.807, 2.05) is 6.07 Å². The first-order chi connectivity index (χ1) is 22.3. The molecule has 16 heteroatoms. The van der Waals surface area contributed by atoms with Crippen LogP contribution >= 0.6 is 23.2 Å². The molecule has 5 aromatic rings. The van der Waals surface area contributed by atoms with Crippen molar-refractivity contribution in [3.8, 4) is 16.9 Å². The highest BCUT2D eigenvalue weighted by atomic mass is 35.5. The Kier molecular flexibility index (Phi) is 10.3. The molecule has 5 rings (SSSR count). The van der Waals surface area contributed by atoms with Gasteiger partial charge in [-0.25, -0.2) is 9.78 Å². The first kappa shape index (κ1) is 31.8. The van der Waals surface area contributed by atoms with E-state index in [0.29, 0.717) is 38.9 Å². The molecule has 1 unspecified atom stereocenters. The maximum atomic E-state index is 13.2. The SMILES string of the molecule is COC(=O)Nc1ccc(-c2nc(C(CC(=O)NCc3ccccn3)NC(=O)/C=C/c3cc(Cl)ccc3-n3cnnn3)[nH]c2Cl)cc1. The summed E-state index contributed by atoms with van der Waals surface area (Å²) in [6.07, 6.45) is 5.14. The second-order valence-electron chi connectivity index (χ2n) is 9.63. The number of aromatic amines is 1. The van der Waals surface area contributed by atoms with Crippen molar-refractivity contribution >= 4 is 52.9 Å². The Morgan fingerprint density at radius 1 is 1.09 bits per heavy atom. The van der Waals surface area contributed by atoms with Gasteiger partial charge in [-0.05, 0) is 59.0 Å². The Hall–Kier alpha value is -5.60. The van der Waals surface area contributed by atoms with Crippen LogP contribution in [0.15, 0.2) is 79.3 Å². The lowest BCUT2D eigenvalue weighted by Crippen LogP contribution is -2.33. The number of nitrogens with one attached hydrogen (secondary N) is 4. The largest absolute Gasteiger partial charge is 0.453 e. The summed E-state index contributed by atoms with van der Waals surface area (Å²) in [5.41, 5.74) is 3.37. The first-order valence-electron chi connectivity index (χ1n) is 13.7. The molecule has 0 radical (unpaired) electrons. The van der Waals surface area contributed by atoms with Crippen LogP contribution in [0.25, 0.3) is 23.0 Å². The number of aromatic nitrogens is 7. The average Bonchev–Trinajstić information content (AvgIpc) is 3.74. The van der Waals surface area contributed by atoms with Crippen molar-refractivity contribution in [2.75, 3.05) is 12.4 Å². The fourth-order valence-corrected chi connectivity index (χ4v) is 4.72. The topological polar surface area (TPSA) is 182 Å². The third-order valence-corrected chi connectivity index (χ3v) is 7.01. The van der Waals surface area contributed by atoms with Crippen LogP contribution in [0, 0.1) is 0 Å². The van der Waals surface area contributed by atoms with E-state index in [1.165, 1.54) is 24.2 Å². The van der Waals surface area contributed by atoms with Crippen LogP contribution in [-0.2, 0) is 20.9 Å². The monoisotopic (exact) mass is 660 g/mol. The predicted octanol–water partition coefficient (Wildman–Crippen LogP) is 4.51. The molecule has 0 bridgehead atoms. The van der Waals surface area contributed by atoms with Crippen LogP contribution in [-0.4, -0.2) is 60.2 Å². The summed E-state index contributed by atoms with van der Waals surface area (Å²) < 4.78 is 6.05. The van der Waals surface area contributed by atoms with Crippen LogP contribution in [0.1, 0.15) is 29.5 Å². The van der Waals surface area contributed by atoms with Crippen LogP contribution < -0.4 is 16.0 Å². The zero-order valence-electron chi connectivity index (χ0n) is 24.1. The summed E-state index contributed by atoms with van der Waals surface area (Å²) in [6.45, 7) is 0.199. The van der Waals surface area contributed by atoms with Gasteiger partial charge in [0.15, 0.2) is 0 Å². The molecular formula is C30H26Cl2N10O4. The standard InChI is InChI=1S/C30H26Cl2N10O4/c1-46-30(45)36-21-9-5-18(6-10-21)27-28(32)39-29(38-27)23(15-26(44)34-16-22-4-2-3-13-33-22)37-25(43)12-7-19-14-20(31)8-11-24(19)42-17-35-40-41-42/h2-14,17,23H,15-16H2,1H3,(H,34,44)(H,36,45)(H,37,43)(H,38,39)/b12-7+. The van der Waals surface area contributed by atoms with E-state index in [0.717, 1.165) is 0 Å². The van der Waals surface area contributed by atoms with Gasteiger partial charge in [0.25, 0.3) is 0 Å². The number of imidazole rings is 1. The number of ether oxygens (including phenoxy) is 1. The quantitative estimate of drug-likeness (QED) is 0.148. The average molecular weight is 662 g/mol. The van der Waals surface area contributed by atoms with Crippen LogP contribution in [0.4, 0.5) is 10.5 Å². The highest BCUT2D eigenvalue weighted by molar-refractivity contribution is 6.32. The third-order valence-electron chi connectivity index (χ3n) is 6.50. The lowest BCUT2D eigenvalue weighted by Gasteiger charge is -2.16. The van der Waals surface area contributed by atoms with Gasteiger partial charge in [-0.15, -0.1) is 5.10 Å². The second kappa shape index (κ2) is 14.9. The zero-order valence-corrected chi connectivity index (χ0v) is 25.7. The van der Waals surface area contributed by atoms with E-state index in [2.05, 4.69) is 51.2 Å². The van der Waals surface area contributed by atoms with E-state index < -0.39 is 18.0 Å². The molecule has 0 aliphatic heterocycles. The van der Waals surface area contributed by atoms with Crippen molar-refractivity contribution in [1.29, 1.82) is 0 Å². The van der Waals surface area contributed by atoms with Crippen molar-refractivity contribution < 1.29 is 19.1 Å². The van der Waals surface area contributed by atoms with E-state index in [4.69, 9.17) is 23.2 Å². The molecule has 14 nitrogen and oxygen atoms in total. The van der Waals surface area contributed by atoms with Gasteiger partial charge in [0.1, 0.15) is 23.0 Å². The Balaban J connectivity index is 1.37. The molecule has 0 spiro atoms. The van der Waals surface area contributed by atoms with Crippen molar-refractivity contribution in [3.05, 3.63) is 107 Å². The number of hydrogen-bond acceptors (Lipinski definition) is 9. The molecule has 0 saturated heterocycles. The van der Waals surface area contributed by atoms with E-state index in [-0.39, 0.29) is 29.9 Å². The van der Waals surface area contributed by atoms with Gasteiger partial charge in [-0.2, -0.15) is 4.68 Å². The number of pyridine rings is 1. The van der Waals surface area contributed by atoms with Gasteiger partial charge in [-0.3, -0.25) is 19.9 Å². The molecule has 0 saturated carbocycles. The fourth-order valence-electron chi connectivity index (χ4n) is 4.30. The number of amides is 3. The van der Waals surface area contributed by atoms with Gasteiger partial charge in [-0.1, -0.05) is 41.4 Å². The minimum atomic E-state index is -0.897. The maximum Gasteiger partial charge on any atom is 0.411 e. The molecule has 0 fully saturated rings. The van der Waals surface area contributed by atoms with E-state index in [9.17, 15) is 14.4 Å². The molecule has 234 valence electrons. The van der Waals surface area contributed by atoms with Crippen LogP contribution in [0.5, 0.6) is 0 Å². The van der Waals surface area contributed by atoms with E-state index >= 15 is 0 Å². The molecule has 2 aromatic carbocycles. The van der Waals surface area contributed by atoms with Crippen LogP contribution in [0.3, 0.4) is 0 Å². The fraction of sp³-hybridized carbons (Fsp3) is 0.133. The number of anilines is 1. The molecule has 3 aromatic heterocycles. The first-order valence-corrected chi connectivity index (χ1v) is 14.4. The van der Waals surface area contributed by atoms with Crippen molar-refractivity contribution in [2.45, 2.75) is 19.0 Å². The van der Waals surface area contributed by atoms with Gasteiger partial charge in [0, 0.05) is 34.1 Å². The Morgan fingerprint density at radius 3 is 2.63 bits per heavy atom. The minimum absolute atomic E-state index is 0.162. The highest BCUT2D eigenvalue weighted by Crippen LogP contribution is 2.29. The number of carbonyl (C=O) groups is 3. The summed E-state index contributed by atoms with van der Waals surface area (Å²) in [5.74, 6) is -0.621. The Morgan fingerprint density at radius 2 is 1.91 bits per heavy atom. The summed E-state index contributed by atoms with van der Waals surface area (Å²) in [6, 6.07) is 16.3. The molecule has 3 heterocycles. The number of methoxy groups -OCH3 is 1. The predicted molar refractivity (Wildman–Crippen MR) is 170 cm³/mol. The maximum absolute atomic E-state index is 13.2. The molecule has 4 N–H and O–H groups in total. The van der Waals surface area contributed by atoms with Gasteiger partial charge >= 0.3 is 6.09 Å². The van der Waals surface area contributed by atoms with Crippen molar-refractivity contribution in [1.82, 2.24) is 45.8 Å². The summed E-state index contributed by atoms with van der Waals surface area (Å²) in [7, 11) is 1.27. The van der Waals surface area contributed by atoms with Gasteiger partial charge in [0.05, 0.1) is 37.5 Å². The number of carbonyl (C=O) groups excluding carboxylic acids is 3. The lowest BCUT2D eigenvalue weighted by molar-refractivity contribution is -0.122. The zero-order chi connectivity index (χ0) is 32.5. The van der Waals surface area contributed by atoms with Crippen LogP contribution in [0.2, 0.25) is 10.2 Å². The minimum Gasteiger partial charge on any atom is -0.453 e. The molecule has 1 atom stereocenters. The summed E-state index contributed by atoms with van der Waals surface area (Å²) >= 11 is 12.7. The molecule has 0 aliphatic carbocycles. The number of nitrogens with zero attached hydrogens (tertiary/aromatic N) is 6. The summed E-state index contributed by atoms with van der Waals surface area (Å²) in [5, 5.41) is 20.1. The lowest BCUT2D eigenvalue weighted by atomic mass is 10.1. The van der Waals surface area contributed by atoms with Gasteiger partial charge < -0.3 is 20.4 Å². The highest BCUT2D eigenvalue weighted by Gasteiger charge is 2.23. The second-order valence-corrected chi connectivity index (χ2v) is 10.4. The Bertz CT molecular complexity index is 1850.